The van der Waals surface area contributed by atoms with Crippen molar-refractivity contribution in [2.75, 3.05) is 20.2 Å². The quantitative estimate of drug-likeness (QED) is 0.711. The average molecular weight is 363 g/mol. The van der Waals surface area contributed by atoms with Crippen molar-refractivity contribution in [2.24, 2.45) is 0 Å². The average Bonchev–Trinajstić information content (AvgIpc) is 2.74. The highest BCUT2D eigenvalue weighted by molar-refractivity contribution is 5.97. The van der Waals surface area contributed by atoms with Gasteiger partial charge in [-0.15, -0.1) is 5.10 Å². The van der Waals surface area contributed by atoms with Gasteiger partial charge in [-0.1, -0.05) is 30.3 Å². The molecule has 0 saturated carbocycles. The van der Waals surface area contributed by atoms with Gasteiger partial charge in [-0.3, -0.25) is 4.79 Å². The lowest BCUT2D eigenvalue weighted by Gasteiger charge is -2.32. The van der Waals surface area contributed by atoms with Crippen LogP contribution in [0.15, 0.2) is 54.7 Å². The van der Waals surface area contributed by atoms with Crippen molar-refractivity contribution in [1.82, 2.24) is 15.1 Å². The minimum Gasteiger partial charge on any atom is -0.496 e. The highest BCUT2D eigenvalue weighted by Crippen LogP contribution is 2.26. The number of fused-ring (bicyclic) bond motifs is 1. The predicted molar refractivity (Wildman–Crippen MR) is 102 cm³/mol. The summed E-state index contributed by atoms with van der Waals surface area (Å²) in [5, 5.41) is 10.1. The summed E-state index contributed by atoms with van der Waals surface area (Å²) in [6, 6.07) is 15.2. The molecule has 1 aliphatic heterocycles. The largest absolute Gasteiger partial charge is 0.496 e. The summed E-state index contributed by atoms with van der Waals surface area (Å²) in [7, 11) is 1.58. The molecule has 1 saturated heterocycles. The van der Waals surface area contributed by atoms with E-state index in [1.807, 2.05) is 47.4 Å². The summed E-state index contributed by atoms with van der Waals surface area (Å²) in [5.41, 5.74) is 0.597. The Kier molecular flexibility index (Phi) is 4.87. The van der Waals surface area contributed by atoms with Crippen LogP contribution in [0.5, 0.6) is 11.6 Å². The van der Waals surface area contributed by atoms with Crippen LogP contribution < -0.4 is 9.47 Å². The number of hydrogen-bond acceptors (Lipinski definition) is 5. The molecule has 1 aliphatic rings. The lowest BCUT2D eigenvalue weighted by molar-refractivity contribution is 0.0586. The van der Waals surface area contributed by atoms with Gasteiger partial charge in [-0.05, 0) is 18.2 Å². The molecule has 2 heterocycles. The van der Waals surface area contributed by atoms with E-state index in [1.54, 1.807) is 19.4 Å². The van der Waals surface area contributed by atoms with Crippen molar-refractivity contribution < 1.29 is 14.3 Å². The van der Waals surface area contributed by atoms with Crippen LogP contribution in [0, 0.1) is 0 Å². The zero-order chi connectivity index (χ0) is 18.6. The summed E-state index contributed by atoms with van der Waals surface area (Å²) in [5.74, 6) is 1.16. The Labute approximate surface area is 157 Å². The smallest absolute Gasteiger partial charge is 0.257 e. The van der Waals surface area contributed by atoms with Gasteiger partial charge in [-0.2, -0.15) is 5.10 Å². The molecule has 0 radical (unpaired) electrons. The molecule has 1 amide bonds. The molecule has 138 valence electrons. The molecule has 0 atom stereocenters. The molecule has 1 fully saturated rings. The molecule has 27 heavy (non-hydrogen) atoms. The van der Waals surface area contributed by atoms with Gasteiger partial charge in [-0.25, -0.2) is 0 Å². The number of methoxy groups -OCH3 is 1. The maximum Gasteiger partial charge on any atom is 0.257 e. The van der Waals surface area contributed by atoms with Crippen LogP contribution in [0.2, 0.25) is 0 Å². The van der Waals surface area contributed by atoms with Gasteiger partial charge in [0.05, 0.1) is 18.9 Å². The minimum atomic E-state index is -0.00384. The first-order valence-electron chi connectivity index (χ1n) is 9.05. The predicted octanol–water partition coefficient (Wildman–Crippen LogP) is 3.32. The lowest BCUT2D eigenvalue weighted by atomic mass is 10.1. The zero-order valence-corrected chi connectivity index (χ0v) is 15.2. The maximum atomic E-state index is 12.8. The number of hydrogen-bond donors (Lipinski definition) is 0. The molecule has 4 rings (SSSR count). The van der Waals surface area contributed by atoms with Gasteiger partial charge in [0, 0.05) is 36.7 Å². The fourth-order valence-corrected chi connectivity index (χ4v) is 3.42. The van der Waals surface area contributed by atoms with Gasteiger partial charge < -0.3 is 14.4 Å². The van der Waals surface area contributed by atoms with Crippen LogP contribution in [0.3, 0.4) is 0 Å². The molecule has 0 unspecified atom stereocenters. The Hall–Kier alpha value is -3.15. The Balaban J connectivity index is 1.42. The second-order valence-corrected chi connectivity index (χ2v) is 6.55. The van der Waals surface area contributed by atoms with Gasteiger partial charge >= 0.3 is 0 Å². The van der Waals surface area contributed by atoms with Gasteiger partial charge in [0.25, 0.3) is 5.91 Å². The lowest BCUT2D eigenvalue weighted by Crippen LogP contribution is -2.42. The Morgan fingerprint density at radius 1 is 1.07 bits per heavy atom. The molecule has 6 nitrogen and oxygen atoms in total. The number of carbonyl (C=O) groups excluding carboxylic acids is 1. The minimum absolute atomic E-state index is 0.00384. The second kappa shape index (κ2) is 7.61. The summed E-state index contributed by atoms with van der Waals surface area (Å²) >= 11 is 0. The van der Waals surface area contributed by atoms with E-state index in [0.29, 0.717) is 30.3 Å². The molecular formula is C21H21N3O3. The Morgan fingerprint density at radius 2 is 1.81 bits per heavy atom. The van der Waals surface area contributed by atoms with Gasteiger partial charge in [0.2, 0.25) is 5.88 Å². The summed E-state index contributed by atoms with van der Waals surface area (Å²) in [6.07, 6.45) is 3.26. The number of piperidine rings is 1. The second-order valence-electron chi connectivity index (χ2n) is 6.55. The summed E-state index contributed by atoms with van der Waals surface area (Å²) < 4.78 is 11.4. The number of amides is 1. The number of likely N-dealkylation sites (tertiary alicyclic amines) is 1. The molecule has 2 aromatic carbocycles. The monoisotopic (exact) mass is 363 g/mol. The van der Waals surface area contributed by atoms with E-state index in [9.17, 15) is 4.79 Å². The highest BCUT2D eigenvalue weighted by Gasteiger charge is 2.26. The van der Waals surface area contributed by atoms with Crippen LogP contribution in [-0.4, -0.2) is 47.3 Å². The Morgan fingerprint density at radius 3 is 2.63 bits per heavy atom. The molecule has 0 N–H and O–H groups in total. The van der Waals surface area contributed by atoms with Crippen LogP contribution >= 0.6 is 0 Å². The van der Waals surface area contributed by atoms with Gasteiger partial charge in [0.1, 0.15) is 11.9 Å². The summed E-state index contributed by atoms with van der Waals surface area (Å²) in [4.78, 5) is 14.7. The first-order chi connectivity index (χ1) is 13.3. The van der Waals surface area contributed by atoms with Crippen molar-refractivity contribution in [2.45, 2.75) is 18.9 Å². The van der Waals surface area contributed by atoms with Crippen LogP contribution in [-0.2, 0) is 0 Å². The molecule has 0 spiro atoms. The van der Waals surface area contributed by atoms with E-state index < -0.39 is 0 Å². The van der Waals surface area contributed by atoms with E-state index in [1.165, 1.54) is 0 Å². The molecule has 6 heteroatoms. The molecule has 1 aromatic heterocycles. The summed E-state index contributed by atoms with van der Waals surface area (Å²) in [6.45, 7) is 1.28. The van der Waals surface area contributed by atoms with Crippen molar-refractivity contribution in [1.29, 1.82) is 0 Å². The first kappa shape index (κ1) is 17.3. The number of nitrogens with zero attached hydrogens (tertiary/aromatic N) is 3. The van der Waals surface area contributed by atoms with Gasteiger partial charge in [0.15, 0.2) is 0 Å². The SMILES string of the molecule is COc1ccccc1C(=O)N1CCC(Oc2nncc3ccccc23)CC1. The van der Waals surface area contributed by atoms with Crippen molar-refractivity contribution in [3.05, 3.63) is 60.3 Å². The molecule has 3 aromatic rings. The standard InChI is InChI=1S/C21H21N3O3/c1-26-19-9-5-4-8-18(19)21(25)24-12-10-16(11-13-24)27-20-17-7-3-2-6-15(17)14-22-23-20/h2-9,14,16H,10-13H2,1H3. The van der Waals surface area contributed by atoms with E-state index >= 15 is 0 Å². The third kappa shape index (κ3) is 3.56. The fraction of sp³-hybridized carbons (Fsp3) is 0.286. The zero-order valence-electron chi connectivity index (χ0n) is 15.2. The Bertz CT molecular complexity index is 947. The van der Waals surface area contributed by atoms with Crippen LogP contribution in [0.25, 0.3) is 10.8 Å². The number of carbonyl (C=O) groups is 1. The van der Waals surface area contributed by atoms with E-state index in [4.69, 9.17) is 9.47 Å². The number of benzene rings is 2. The van der Waals surface area contributed by atoms with E-state index in [-0.39, 0.29) is 12.0 Å². The first-order valence-corrected chi connectivity index (χ1v) is 9.05. The number of ether oxygens (including phenoxy) is 2. The molecular weight excluding hydrogens is 342 g/mol. The highest BCUT2D eigenvalue weighted by atomic mass is 16.5. The van der Waals surface area contributed by atoms with E-state index in [2.05, 4.69) is 10.2 Å². The third-order valence-electron chi connectivity index (χ3n) is 4.88. The molecule has 0 aliphatic carbocycles. The number of para-hydroxylation sites is 1. The van der Waals surface area contributed by atoms with E-state index in [0.717, 1.165) is 23.6 Å². The van der Waals surface area contributed by atoms with Crippen molar-refractivity contribution in [3.8, 4) is 11.6 Å². The van der Waals surface area contributed by atoms with Crippen LogP contribution in [0.1, 0.15) is 23.2 Å². The third-order valence-corrected chi connectivity index (χ3v) is 4.88. The number of rotatable bonds is 4. The topological polar surface area (TPSA) is 64.5 Å². The van der Waals surface area contributed by atoms with Crippen LogP contribution in [0.4, 0.5) is 0 Å². The normalized spacial score (nSPS) is 14.9. The number of aromatic nitrogens is 2. The van der Waals surface area contributed by atoms with Crippen molar-refractivity contribution >= 4 is 16.7 Å². The molecule has 0 bridgehead atoms. The fourth-order valence-electron chi connectivity index (χ4n) is 3.42. The van der Waals surface area contributed by atoms with Crippen molar-refractivity contribution in [3.63, 3.8) is 0 Å². The maximum absolute atomic E-state index is 12.8.